The van der Waals surface area contributed by atoms with Gasteiger partial charge in [-0.15, -0.1) is 0 Å². The van der Waals surface area contributed by atoms with Crippen LogP contribution in [0, 0.1) is 0 Å². The quantitative estimate of drug-likeness (QED) is 0.532. The molecule has 1 aliphatic rings. The molecule has 5 rings (SSSR count). The number of rotatable bonds is 0. The van der Waals surface area contributed by atoms with Crippen LogP contribution in [0.5, 0.6) is 5.75 Å². The molecule has 1 aliphatic heterocycles. The van der Waals surface area contributed by atoms with Crippen LogP contribution in [-0.2, 0) is 6.61 Å². The molecule has 0 radical (unpaired) electrons. The van der Waals surface area contributed by atoms with Gasteiger partial charge in [-0.25, -0.2) is 4.98 Å². The highest BCUT2D eigenvalue weighted by Gasteiger charge is 2.19. The molecule has 4 nitrogen and oxygen atoms in total. The van der Waals surface area contributed by atoms with Gasteiger partial charge in [0.1, 0.15) is 12.4 Å². The van der Waals surface area contributed by atoms with Gasteiger partial charge in [0.25, 0.3) is 0 Å². The maximum absolute atomic E-state index is 5.81. The Labute approximate surface area is 120 Å². The molecule has 21 heavy (non-hydrogen) atoms. The van der Waals surface area contributed by atoms with Crippen LogP contribution in [0.4, 0.5) is 0 Å². The summed E-state index contributed by atoms with van der Waals surface area (Å²) >= 11 is 0. The van der Waals surface area contributed by atoms with Crippen LogP contribution in [-0.4, -0.2) is 15.2 Å². The summed E-state index contributed by atoms with van der Waals surface area (Å²) in [5, 5.41) is 9.29. The third-order valence-electron chi connectivity index (χ3n) is 4.01. The molecule has 0 amide bonds. The summed E-state index contributed by atoms with van der Waals surface area (Å²) in [7, 11) is 0. The fourth-order valence-electron chi connectivity index (χ4n) is 2.99. The number of ether oxygens (including phenoxy) is 1. The van der Waals surface area contributed by atoms with Gasteiger partial charge in [0.2, 0.25) is 0 Å². The molecule has 2 aromatic heterocycles. The molecule has 0 bridgehead atoms. The lowest BCUT2D eigenvalue weighted by Gasteiger charge is -2.20. The molecule has 0 unspecified atom stereocenters. The number of H-pyrrole nitrogens is 1. The third-order valence-corrected chi connectivity index (χ3v) is 4.01. The maximum Gasteiger partial charge on any atom is 0.129 e. The summed E-state index contributed by atoms with van der Waals surface area (Å²) in [4.78, 5) is 4.92. The molecular formula is C17H11N3O. The number of para-hydroxylation sites is 1. The van der Waals surface area contributed by atoms with Crippen LogP contribution in [0.3, 0.4) is 0 Å². The average molecular weight is 273 g/mol. The third kappa shape index (κ3) is 1.44. The van der Waals surface area contributed by atoms with Crippen LogP contribution >= 0.6 is 0 Å². The fraction of sp³-hybridized carbons (Fsp3) is 0.0588. The van der Waals surface area contributed by atoms with Gasteiger partial charge in [0.15, 0.2) is 0 Å². The van der Waals surface area contributed by atoms with E-state index in [4.69, 9.17) is 9.72 Å². The second kappa shape index (κ2) is 3.82. The zero-order valence-electron chi connectivity index (χ0n) is 11.1. The second-order valence-corrected chi connectivity index (χ2v) is 5.25. The Kier molecular flexibility index (Phi) is 1.98. The van der Waals surface area contributed by atoms with Gasteiger partial charge >= 0.3 is 0 Å². The maximum atomic E-state index is 5.81. The minimum absolute atomic E-state index is 0.568. The number of hydrogen-bond acceptors (Lipinski definition) is 3. The molecule has 0 fully saturated rings. The lowest BCUT2D eigenvalue weighted by molar-refractivity contribution is 0.302. The van der Waals surface area contributed by atoms with Gasteiger partial charge in [-0.3, -0.25) is 5.10 Å². The SMILES string of the molecule is c1ccc2c(c1)OCc1cc3ccc4[nH]ncc4c3nc1-2. The van der Waals surface area contributed by atoms with E-state index in [1.807, 2.05) is 30.5 Å². The summed E-state index contributed by atoms with van der Waals surface area (Å²) in [6.07, 6.45) is 1.84. The first-order valence-electron chi connectivity index (χ1n) is 6.88. The Morgan fingerprint density at radius 2 is 2.05 bits per heavy atom. The smallest absolute Gasteiger partial charge is 0.129 e. The van der Waals surface area contributed by atoms with Gasteiger partial charge in [-0.1, -0.05) is 18.2 Å². The first-order chi connectivity index (χ1) is 10.4. The molecule has 0 saturated carbocycles. The van der Waals surface area contributed by atoms with Crippen molar-refractivity contribution in [2.45, 2.75) is 6.61 Å². The predicted octanol–water partition coefficient (Wildman–Crippen LogP) is 3.67. The number of nitrogens with zero attached hydrogens (tertiary/aromatic N) is 2. The van der Waals surface area contributed by atoms with Crippen molar-refractivity contribution in [3.8, 4) is 17.0 Å². The minimum atomic E-state index is 0.568. The normalized spacial score (nSPS) is 13.0. The highest BCUT2D eigenvalue weighted by atomic mass is 16.5. The van der Waals surface area contributed by atoms with Crippen molar-refractivity contribution < 1.29 is 4.74 Å². The number of nitrogens with one attached hydrogen (secondary N) is 1. The summed E-state index contributed by atoms with van der Waals surface area (Å²) in [5.74, 6) is 0.899. The first-order valence-corrected chi connectivity index (χ1v) is 6.88. The van der Waals surface area contributed by atoms with Gasteiger partial charge in [0.05, 0.1) is 22.9 Å². The van der Waals surface area contributed by atoms with E-state index in [-0.39, 0.29) is 0 Å². The molecule has 4 aromatic rings. The Bertz CT molecular complexity index is 1000. The Morgan fingerprint density at radius 3 is 3.05 bits per heavy atom. The standard InChI is InChI=1S/C17H11N3O/c1-2-4-15-12(3-1)17-11(9-21-15)7-10-5-6-14-13(8-18-20-14)16(10)19-17/h1-8H,9H2,(H,18,20). The van der Waals surface area contributed by atoms with Gasteiger partial charge in [-0.2, -0.15) is 5.10 Å². The van der Waals surface area contributed by atoms with E-state index in [0.717, 1.165) is 44.4 Å². The molecule has 0 spiro atoms. The van der Waals surface area contributed by atoms with Crippen molar-refractivity contribution in [1.29, 1.82) is 0 Å². The zero-order valence-corrected chi connectivity index (χ0v) is 11.1. The number of aromatic amines is 1. The van der Waals surface area contributed by atoms with E-state index < -0.39 is 0 Å². The molecule has 1 N–H and O–H groups in total. The van der Waals surface area contributed by atoms with E-state index in [2.05, 4.69) is 28.4 Å². The topological polar surface area (TPSA) is 50.8 Å². The zero-order chi connectivity index (χ0) is 13.8. The molecular weight excluding hydrogens is 262 g/mol. The van der Waals surface area contributed by atoms with Crippen LogP contribution in [0.1, 0.15) is 5.56 Å². The van der Waals surface area contributed by atoms with Crippen LogP contribution in [0.2, 0.25) is 0 Å². The molecule has 3 heterocycles. The summed E-state index contributed by atoms with van der Waals surface area (Å²) in [6, 6.07) is 14.3. The van der Waals surface area contributed by atoms with Crippen molar-refractivity contribution >= 4 is 21.8 Å². The lowest BCUT2D eigenvalue weighted by Crippen LogP contribution is -2.07. The van der Waals surface area contributed by atoms with E-state index in [0.29, 0.717) is 6.61 Å². The summed E-state index contributed by atoms with van der Waals surface area (Å²) < 4.78 is 5.81. The van der Waals surface area contributed by atoms with Crippen LogP contribution in [0.25, 0.3) is 33.1 Å². The van der Waals surface area contributed by atoms with Gasteiger partial charge < -0.3 is 4.74 Å². The van der Waals surface area contributed by atoms with Gasteiger partial charge in [-0.05, 0) is 24.3 Å². The molecule has 0 atom stereocenters. The van der Waals surface area contributed by atoms with Crippen molar-refractivity contribution in [2.75, 3.05) is 0 Å². The molecule has 0 aliphatic carbocycles. The van der Waals surface area contributed by atoms with Crippen LogP contribution < -0.4 is 4.74 Å². The first kappa shape index (κ1) is 10.9. The minimum Gasteiger partial charge on any atom is -0.488 e. The van der Waals surface area contributed by atoms with E-state index in [1.165, 1.54) is 0 Å². The number of benzene rings is 2. The lowest BCUT2D eigenvalue weighted by atomic mass is 10.00. The number of fused-ring (bicyclic) bond motifs is 6. The Hall–Kier alpha value is -2.88. The van der Waals surface area contributed by atoms with Crippen LogP contribution in [0.15, 0.2) is 48.7 Å². The van der Waals surface area contributed by atoms with E-state index >= 15 is 0 Å². The Balaban J connectivity index is 1.91. The Morgan fingerprint density at radius 1 is 1.10 bits per heavy atom. The van der Waals surface area contributed by atoms with Crippen molar-refractivity contribution in [1.82, 2.24) is 15.2 Å². The fourth-order valence-corrected chi connectivity index (χ4v) is 2.99. The molecule has 0 saturated heterocycles. The number of aromatic nitrogens is 3. The predicted molar refractivity (Wildman–Crippen MR) is 81.2 cm³/mol. The van der Waals surface area contributed by atoms with Crippen molar-refractivity contribution in [3.05, 3.63) is 54.2 Å². The second-order valence-electron chi connectivity index (χ2n) is 5.25. The average Bonchev–Trinajstić information content (AvgIpc) is 3.02. The highest BCUT2D eigenvalue weighted by Crippen LogP contribution is 2.38. The highest BCUT2D eigenvalue weighted by molar-refractivity contribution is 6.04. The molecule has 4 heteroatoms. The monoisotopic (exact) mass is 273 g/mol. The van der Waals surface area contributed by atoms with Crippen molar-refractivity contribution in [3.63, 3.8) is 0 Å². The largest absolute Gasteiger partial charge is 0.488 e. The molecule has 100 valence electrons. The molecule has 2 aromatic carbocycles. The summed E-state index contributed by atoms with van der Waals surface area (Å²) in [5.41, 5.74) is 5.19. The summed E-state index contributed by atoms with van der Waals surface area (Å²) in [6.45, 7) is 0.568. The van der Waals surface area contributed by atoms with E-state index in [9.17, 15) is 0 Å². The van der Waals surface area contributed by atoms with Gasteiger partial charge in [0, 0.05) is 21.9 Å². The van der Waals surface area contributed by atoms with E-state index in [1.54, 1.807) is 0 Å². The number of pyridine rings is 1. The number of hydrogen-bond donors (Lipinski definition) is 1. The van der Waals surface area contributed by atoms with Crippen molar-refractivity contribution in [2.24, 2.45) is 0 Å².